The van der Waals surface area contributed by atoms with Gasteiger partial charge < -0.3 is 30.1 Å². The van der Waals surface area contributed by atoms with E-state index >= 15 is 0 Å². The molecule has 9 nitrogen and oxygen atoms in total. The third-order valence-electron chi connectivity index (χ3n) is 6.74. The fraction of sp³-hybridized carbons (Fsp3) is 0.323. The number of para-hydroxylation sites is 1. The first-order chi connectivity index (χ1) is 18.8. The van der Waals surface area contributed by atoms with E-state index in [-0.39, 0.29) is 44.2 Å². The summed E-state index contributed by atoms with van der Waals surface area (Å²) in [5.74, 6) is 1.37. The van der Waals surface area contributed by atoms with Gasteiger partial charge in [-0.2, -0.15) is 0 Å². The molecule has 0 radical (unpaired) electrons. The van der Waals surface area contributed by atoms with E-state index in [2.05, 4.69) is 15.5 Å². The summed E-state index contributed by atoms with van der Waals surface area (Å²) in [5.41, 5.74) is 2.35. The largest absolute Gasteiger partial charge is 0.457 e. The number of rotatable bonds is 9. The van der Waals surface area contributed by atoms with Gasteiger partial charge in [0.1, 0.15) is 11.5 Å². The number of benzene rings is 3. The number of hydrogen-bond acceptors (Lipinski definition) is 5. The molecule has 3 aromatic rings. The second kappa shape index (κ2) is 14.0. The average molecular weight is 546 g/mol. The van der Waals surface area contributed by atoms with Crippen LogP contribution in [0.25, 0.3) is 0 Å². The molecule has 1 fully saturated rings. The highest BCUT2D eigenvalue weighted by atomic mass is 16.5. The first kappa shape index (κ1) is 30.0. The third kappa shape index (κ3) is 8.23. The minimum atomic E-state index is -0.339. The van der Waals surface area contributed by atoms with Gasteiger partial charge in [-0.1, -0.05) is 25.6 Å². The predicted octanol–water partition coefficient (Wildman–Crippen LogP) is 5.66. The lowest BCUT2D eigenvalue weighted by Gasteiger charge is -2.26. The van der Waals surface area contributed by atoms with E-state index in [1.807, 2.05) is 61.6 Å². The summed E-state index contributed by atoms with van der Waals surface area (Å²) < 4.78 is 5.78. The van der Waals surface area contributed by atoms with Crippen molar-refractivity contribution in [3.8, 4) is 11.5 Å². The first-order valence-electron chi connectivity index (χ1n) is 13.0. The van der Waals surface area contributed by atoms with Gasteiger partial charge in [-0.3, -0.25) is 9.59 Å². The fourth-order valence-corrected chi connectivity index (χ4v) is 4.39. The fourth-order valence-electron chi connectivity index (χ4n) is 4.39. The van der Waals surface area contributed by atoms with Crippen LogP contribution in [0.2, 0.25) is 0 Å². The molecule has 1 atom stereocenters. The third-order valence-corrected chi connectivity index (χ3v) is 6.74. The van der Waals surface area contributed by atoms with Gasteiger partial charge in [-0.25, -0.2) is 4.79 Å². The van der Waals surface area contributed by atoms with Crippen molar-refractivity contribution >= 4 is 34.9 Å². The highest BCUT2D eigenvalue weighted by molar-refractivity contribution is 5.99. The van der Waals surface area contributed by atoms with Crippen LogP contribution in [0, 0.1) is 0 Å². The van der Waals surface area contributed by atoms with Crippen LogP contribution >= 0.6 is 0 Å². The maximum atomic E-state index is 12.6. The standard InChI is InChI=1S/C30H35N5O4.CH4/c1-33(2)28(36)17-18-29(37)34(3)25-19-20-35(21-25)24-13-9-22(10-14-24)31-30(38)32-23-11-15-27(16-12-23)39-26-7-5-4-6-8-26;/h4-16,25H,17-21H2,1-3H3,(H2,31,32,38);1H4. The van der Waals surface area contributed by atoms with Crippen molar-refractivity contribution in [3.05, 3.63) is 78.9 Å². The van der Waals surface area contributed by atoms with E-state index in [1.165, 1.54) is 4.90 Å². The van der Waals surface area contributed by atoms with Gasteiger partial charge in [-0.05, 0) is 67.1 Å². The van der Waals surface area contributed by atoms with Gasteiger partial charge in [0, 0.05) is 64.1 Å². The number of anilines is 3. The normalized spacial score (nSPS) is 14.1. The van der Waals surface area contributed by atoms with Crippen molar-refractivity contribution in [2.45, 2.75) is 32.7 Å². The summed E-state index contributed by atoms with van der Waals surface area (Å²) in [6.45, 7) is 1.55. The SMILES string of the molecule is C.CN(C)C(=O)CCC(=O)N(C)C1CCN(c2ccc(NC(=O)Nc3ccc(Oc4ccccc4)cc3)cc2)C1. The Labute approximate surface area is 236 Å². The minimum absolute atomic E-state index is 0. The van der Waals surface area contributed by atoms with Gasteiger partial charge in [0.05, 0.1) is 6.04 Å². The molecule has 1 heterocycles. The van der Waals surface area contributed by atoms with Crippen LogP contribution < -0.4 is 20.3 Å². The van der Waals surface area contributed by atoms with Gasteiger partial charge in [0.15, 0.2) is 0 Å². The van der Waals surface area contributed by atoms with E-state index in [9.17, 15) is 14.4 Å². The Kier molecular flexibility index (Phi) is 10.5. The van der Waals surface area contributed by atoms with Gasteiger partial charge in [0.25, 0.3) is 0 Å². The summed E-state index contributed by atoms with van der Waals surface area (Å²) in [6.07, 6.45) is 1.31. The maximum absolute atomic E-state index is 12.6. The molecular formula is C31H39N5O4. The highest BCUT2D eigenvalue weighted by Gasteiger charge is 2.28. The monoisotopic (exact) mass is 545 g/mol. The summed E-state index contributed by atoms with van der Waals surface area (Å²) in [6, 6.07) is 24.1. The van der Waals surface area contributed by atoms with E-state index in [0.29, 0.717) is 17.1 Å². The molecule has 212 valence electrons. The molecule has 0 aromatic heterocycles. The second-order valence-corrected chi connectivity index (χ2v) is 9.75. The van der Waals surface area contributed by atoms with Crippen molar-refractivity contribution in [3.63, 3.8) is 0 Å². The van der Waals surface area contributed by atoms with Crippen molar-refractivity contribution in [2.24, 2.45) is 0 Å². The molecule has 0 aliphatic carbocycles. The molecule has 0 spiro atoms. The molecule has 1 unspecified atom stereocenters. The van der Waals surface area contributed by atoms with E-state index in [0.717, 1.165) is 30.9 Å². The van der Waals surface area contributed by atoms with Crippen molar-refractivity contribution in [1.82, 2.24) is 9.80 Å². The zero-order chi connectivity index (χ0) is 27.8. The van der Waals surface area contributed by atoms with E-state index in [4.69, 9.17) is 4.74 Å². The zero-order valence-corrected chi connectivity index (χ0v) is 22.6. The number of likely N-dealkylation sites (N-methyl/N-ethyl adjacent to an activating group) is 1. The maximum Gasteiger partial charge on any atom is 0.323 e. The molecule has 0 saturated carbocycles. The van der Waals surface area contributed by atoms with Crippen LogP contribution in [0.5, 0.6) is 11.5 Å². The Balaban J connectivity index is 0.00000441. The number of carbonyl (C=O) groups is 3. The van der Waals surface area contributed by atoms with Crippen molar-refractivity contribution in [1.29, 1.82) is 0 Å². The Morgan fingerprint density at radius 2 is 1.35 bits per heavy atom. The lowest BCUT2D eigenvalue weighted by atomic mass is 10.2. The number of ether oxygens (including phenoxy) is 1. The van der Waals surface area contributed by atoms with E-state index < -0.39 is 0 Å². The number of urea groups is 1. The van der Waals surface area contributed by atoms with Crippen LogP contribution in [0.15, 0.2) is 78.9 Å². The molecule has 3 aromatic carbocycles. The van der Waals surface area contributed by atoms with Gasteiger partial charge in [-0.15, -0.1) is 0 Å². The Morgan fingerprint density at radius 1 is 0.800 bits per heavy atom. The Bertz CT molecular complexity index is 1260. The highest BCUT2D eigenvalue weighted by Crippen LogP contribution is 2.25. The lowest BCUT2D eigenvalue weighted by Crippen LogP contribution is -2.39. The lowest BCUT2D eigenvalue weighted by molar-refractivity contribution is -0.136. The summed E-state index contributed by atoms with van der Waals surface area (Å²) >= 11 is 0. The summed E-state index contributed by atoms with van der Waals surface area (Å²) in [4.78, 5) is 42.3. The minimum Gasteiger partial charge on any atom is -0.457 e. The first-order valence-corrected chi connectivity index (χ1v) is 13.0. The number of nitrogens with one attached hydrogen (secondary N) is 2. The molecule has 1 aliphatic rings. The molecule has 0 bridgehead atoms. The second-order valence-electron chi connectivity index (χ2n) is 9.75. The summed E-state index contributed by atoms with van der Waals surface area (Å²) in [7, 11) is 5.20. The molecule has 4 rings (SSSR count). The molecule has 1 saturated heterocycles. The van der Waals surface area contributed by atoms with Gasteiger partial charge in [0.2, 0.25) is 11.8 Å². The van der Waals surface area contributed by atoms with E-state index in [1.54, 1.807) is 43.3 Å². The molecule has 2 N–H and O–H groups in total. The Hall–Kier alpha value is -4.53. The molecule has 1 aliphatic heterocycles. The quantitative estimate of drug-likeness (QED) is 0.362. The van der Waals surface area contributed by atoms with Crippen LogP contribution in [0.4, 0.5) is 21.9 Å². The van der Waals surface area contributed by atoms with Crippen LogP contribution in [-0.4, -0.2) is 67.9 Å². The molecule has 9 heteroatoms. The topological polar surface area (TPSA) is 94.2 Å². The Morgan fingerprint density at radius 3 is 1.95 bits per heavy atom. The number of amides is 4. The predicted molar refractivity (Wildman–Crippen MR) is 160 cm³/mol. The van der Waals surface area contributed by atoms with Crippen LogP contribution in [-0.2, 0) is 9.59 Å². The number of nitrogens with zero attached hydrogens (tertiary/aromatic N) is 3. The zero-order valence-electron chi connectivity index (χ0n) is 22.6. The smallest absolute Gasteiger partial charge is 0.323 e. The van der Waals surface area contributed by atoms with Gasteiger partial charge >= 0.3 is 6.03 Å². The van der Waals surface area contributed by atoms with Crippen molar-refractivity contribution < 1.29 is 19.1 Å². The number of hydrogen-bond donors (Lipinski definition) is 2. The summed E-state index contributed by atoms with van der Waals surface area (Å²) in [5, 5.41) is 5.68. The molecule has 4 amide bonds. The van der Waals surface area contributed by atoms with Crippen LogP contribution in [0.1, 0.15) is 26.7 Å². The van der Waals surface area contributed by atoms with Crippen LogP contribution in [0.3, 0.4) is 0 Å². The molecule has 40 heavy (non-hydrogen) atoms. The van der Waals surface area contributed by atoms with Crippen molar-refractivity contribution in [2.75, 3.05) is 49.8 Å². The molecular weight excluding hydrogens is 506 g/mol. The average Bonchev–Trinajstić information content (AvgIpc) is 3.43. The number of carbonyl (C=O) groups excluding carboxylic acids is 3.